The van der Waals surface area contributed by atoms with E-state index in [0.717, 1.165) is 0 Å². The van der Waals surface area contributed by atoms with E-state index in [9.17, 15) is 19.2 Å². The first-order valence-electron chi connectivity index (χ1n) is 7.04. The van der Waals surface area contributed by atoms with Gasteiger partial charge in [-0.3, -0.25) is 24.5 Å². The topological polar surface area (TPSA) is 102 Å². The number of imide groups is 1. The van der Waals surface area contributed by atoms with Crippen LogP contribution in [-0.2, 0) is 4.79 Å². The fourth-order valence-electron chi connectivity index (χ4n) is 2.36. The van der Waals surface area contributed by atoms with Gasteiger partial charge in [-0.2, -0.15) is 0 Å². The fraction of sp³-hybridized carbons (Fsp3) is 0.0588. The Kier molecular flexibility index (Phi) is 3.83. The summed E-state index contributed by atoms with van der Waals surface area (Å²) in [6.07, 6.45) is 0. The van der Waals surface area contributed by atoms with Gasteiger partial charge in [0.05, 0.1) is 16.8 Å². The molecule has 0 saturated heterocycles. The number of fused-ring (bicyclic) bond motifs is 1. The molecule has 0 radical (unpaired) electrons. The Balaban J connectivity index is 1.82. The van der Waals surface area contributed by atoms with Crippen molar-refractivity contribution < 1.29 is 23.9 Å². The first-order chi connectivity index (χ1) is 11.5. The van der Waals surface area contributed by atoms with Crippen molar-refractivity contribution >= 4 is 29.4 Å². The number of benzene rings is 2. The fourth-order valence-corrected chi connectivity index (χ4v) is 2.36. The van der Waals surface area contributed by atoms with Crippen LogP contribution in [0.1, 0.15) is 38.0 Å². The lowest BCUT2D eigenvalue weighted by Gasteiger charge is -2.09. The van der Waals surface area contributed by atoms with E-state index in [1.54, 1.807) is 12.1 Å². The normalized spacial score (nSPS) is 12.4. The third kappa shape index (κ3) is 2.87. The van der Waals surface area contributed by atoms with Gasteiger partial charge in [0.25, 0.3) is 17.7 Å². The van der Waals surface area contributed by atoms with Gasteiger partial charge in [-0.25, -0.2) is 0 Å². The summed E-state index contributed by atoms with van der Waals surface area (Å²) in [4.78, 5) is 46.6. The van der Waals surface area contributed by atoms with Crippen molar-refractivity contribution in [2.75, 3.05) is 5.32 Å². The first-order valence-corrected chi connectivity index (χ1v) is 7.04. The summed E-state index contributed by atoms with van der Waals surface area (Å²) in [5, 5.41) is 4.79. The molecule has 0 spiro atoms. The van der Waals surface area contributed by atoms with Gasteiger partial charge in [0, 0.05) is 12.5 Å². The van der Waals surface area contributed by atoms with Gasteiger partial charge in [0.15, 0.2) is 0 Å². The number of carbonyl (C=O) groups is 4. The highest BCUT2D eigenvalue weighted by Crippen LogP contribution is 2.25. The van der Waals surface area contributed by atoms with Crippen LogP contribution in [0.4, 0.5) is 5.69 Å². The number of hydrogen-bond acceptors (Lipinski definition) is 5. The van der Waals surface area contributed by atoms with Crippen molar-refractivity contribution in [3.63, 3.8) is 0 Å². The number of rotatable bonds is 3. The van der Waals surface area contributed by atoms with E-state index in [4.69, 9.17) is 4.74 Å². The monoisotopic (exact) mass is 324 g/mol. The van der Waals surface area contributed by atoms with Crippen molar-refractivity contribution in [2.24, 2.45) is 0 Å². The molecule has 3 amide bonds. The molecule has 0 fully saturated rings. The summed E-state index contributed by atoms with van der Waals surface area (Å²) in [6, 6.07) is 10.6. The predicted molar refractivity (Wildman–Crippen MR) is 83.9 cm³/mol. The molecule has 0 bridgehead atoms. The molecule has 120 valence electrons. The molecular formula is C17H12N2O5. The van der Waals surface area contributed by atoms with Crippen molar-refractivity contribution in [3.8, 4) is 5.75 Å². The van der Waals surface area contributed by atoms with Gasteiger partial charge in [-0.05, 0) is 36.4 Å². The van der Waals surface area contributed by atoms with Crippen LogP contribution >= 0.6 is 0 Å². The zero-order chi connectivity index (χ0) is 17.3. The number of amides is 3. The van der Waals surface area contributed by atoms with Crippen molar-refractivity contribution in [1.29, 1.82) is 0 Å². The molecule has 0 aromatic heterocycles. The first kappa shape index (κ1) is 15.4. The highest BCUT2D eigenvalue weighted by Gasteiger charge is 2.29. The molecule has 0 saturated carbocycles. The van der Waals surface area contributed by atoms with Crippen LogP contribution in [0, 0.1) is 0 Å². The molecule has 0 atom stereocenters. The van der Waals surface area contributed by atoms with E-state index in [2.05, 4.69) is 10.6 Å². The SMILES string of the molecule is CC(=O)Oc1ccc(C(=O)Nc2cccc3c2C(=O)NC3=O)cc1. The summed E-state index contributed by atoms with van der Waals surface area (Å²) < 4.78 is 4.89. The van der Waals surface area contributed by atoms with Crippen LogP contribution in [0.2, 0.25) is 0 Å². The molecule has 3 rings (SSSR count). The maximum atomic E-state index is 12.3. The highest BCUT2D eigenvalue weighted by atomic mass is 16.5. The molecule has 2 aromatic rings. The number of esters is 1. The smallest absolute Gasteiger partial charge is 0.308 e. The summed E-state index contributed by atoms with van der Waals surface area (Å²) in [6.45, 7) is 1.28. The second-order valence-electron chi connectivity index (χ2n) is 5.08. The second-order valence-corrected chi connectivity index (χ2v) is 5.08. The van der Waals surface area contributed by atoms with Gasteiger partial charge in [-0.1, -0.05) is 6.07 Å². The van der Waals surface area contributed by atoms with E-state index >= 15 is 0 Å². The van der Waals surface area contributed by atoms with Gasteiger partial charge < -0.3 is 10.1 Å². The minimum Gasteiger partial charge on any atom is -0.427 e. The molecular weight excluding hydrogens is 312 g/mol. The van der Waals surface area contributed by atoms with Crippen LogP contribution in [0.5, 0.6) is 5.75 Å². The maximum absolute atomic E-state index is 12.3. The van der Waals surface area contributed by atoms with Crippen LogP contribution in [0.25, 0.3) is 0 Å². The third-order valence-corrected chi connectivity index (χ3v) is 3.39. The molecule has 7 nitrogen and oxygen atoms in total. The Morgan fingerprint density at radius 2 is 1.71 bits per heavy atom. The maximum Gasteiger partial charge on any atom is 0.308 e. The number of nitrogens with one attached hydrogen (secondary N) is 2. The van der Waals surface area contributed by atoms with Crippen LogP contribution < -0.4 is 15.4 Å². The molecule has 0 aliphatic carbocycles. The lowest BCUT2D eigenvalue weighted by molar-refractivity contribution is -0.131. The van der Waals surface area contributed by atoms with Gasteiger partial charge >= 0.3 is 5.97 Å². The number of anilines is 1. The number of ether oxygens (including phenoxy) is 1. The van der Waals surface area contributed by atoms with Gasteiger partial charge in [0.2, 0.25) is 0 Å². The van der Waals surface area contributed by atoms with E-state index in [1.807, 2.05) is 0 Å². The minimum atomic E-state index is -0.545. The second kappa shape index (κ2) is 5.96. The van der Waals surface area contributed by atoms with E-state index in [1.165, 1.54) is 37.3 Å². The summed E-state index contributed by atoms with van der Waals surface area (Å²) >= 11 is 0. The Morgan fingerprint density at radius 1 is 1.00 bits per heavy atom. The van der Waals surface area contributed by atoms with Crippen molar-refractivity contribution in [1.82, 2.24) is 5.32 Å². The van der Waals surface area contributed by atoms with E-state index in [-0.39, 0.29) is 16.8 Å². The number of carbonyl (C=O) groups excluding carboxylic acids is 4. The van der Waals surface area contributed by atoms with Crippen molar-refractivity contribution in [3.05, 3.63) is 59.2 Å². The Bertz CT molecular complexity index is 871. The van der Waals surface area contributed by atoms with Crippen LogP contribution in [0.15, 0.2) is 42.5 Å². The molecule has 2 N–H and O–H groups in total. The molecule has 24 heavy (non-hydrogen) atoms. The Hall–Kier alpha value is -3.48. The highest BCUT2D eigenvalue weighted by molar-refractivity contribution is 6.25. The minimum absolute atomic E-state index is 0.146. The molecule has 1 aliphatic rings. The summed E-state index contributed by atoms with van der Waals surface area (Å²) in [5.74, 6) is -1.62. The summed E-state index contributed by atoms with van der Waals surface area (Å²) in [7, 11) is 0. The third-order valence-electron chi connectivity index (χ3n) is 3.39. The predicted octanol–water partition coefficient (Wildman–Crippen LogP) is 1.75. The molecule has 1 heterocycles. The lowest BCUT2D eigenvalue weighted by atomic mass is 10.1. The summed E-state index contributed by atoms with van der Waals surface area (Å²) in [5.41, 5.74) is 0.938. The average Bonchev–Trinajstić information content (AvgIpc) is 2.83. The van der Waals surface area contributed by atoms with Crippen molar-refractivity contribution in [2.45, 2.75) is 6.92 Å². The van der Waals surface area contributed by atoms with E-state index < -0.39 is 23.7 Å². The molecule has 7 heteroatoms. The average molecular weight is 324 g/mol. The number of hydrogen-bond donors (Lipinski definition) is 2. The van der Waals surface area contributed by atoms with Gasteiger partial charge in [0.1, 0.15) is 5.75 Å². The van der Waals surface area contributed by atoms with E-state index in [0.29, 0.717) is 11.3 Å². The van der Waals surface area contributed by atoms with Crippen LogP contribution in [0.3, 0.4) is 0 Å². The largest absolute Gasteiger partial charge is 0.427 e. The zero-order valence-corrected chi connectivity index (χ0v) is 12.6. The molecule has 1 aliphatic heterocycles. The quantitative estimate of drug-likeness (QED) is 0.509. The Morgan fingerprint density at radius 3 is 2.38 bits per heavy atom. The lowest BCUT2D eigenvalue weighted by Crippen LogP contribution is -2.20. The zero-order valence-electron chi connectivity index (χ0n) is 12.6. The van der Waals surface area contributed by atoms with Gasteiger partial charge in [-0.15, -0.1) is 0 Å². The molecule has 0 unspecified atom stereocenters. The molecule has 2 aromatic carbocycles. The standard InChI is InChI=1S/C17H12N2O5/c1-9(20)24-11-7-5-10(6-8-11)15(21)18-13-4-2-3-12-14(13)17(23)19-16(12)22/h2-8H,1H3,(H,18,21)(H,19,22,23). The Labute approximate surface area is 136 Å². The van der Waals surface area contributed by atoms with Crippen LogP contribution in [-0.4, -0.2) is 23.7 Å².